The van der Waals surface area contributed by atoms with Gasteiger partial charge >= 0.3 is 5.97 Å². The number of hydrogen-bond donors (Lipinski definition) is 4. The normalized spacial score (nSPS) is 44.1. The highest BCUT2D eigenvalue weighted by atomic mass is 16.7. The van der Waals surface area contributed by atoms with Crippen molar-refractivity contribution < 1.29 is 82.2 Å². The molecule has 20 atom stereocenters. The van der Waals surface area contributed by atoms with Crippen LogP contribution in [0.3, 0.4) is 0 Å². The van der Waals surface area contributed by atoms with E-state index in [1.165, 1.54) is 32.3 Å². The summed E-state index contributed by atoms with van der Waals surface area (Å²) in [4.78, 5) is 54.2. The van der Waals surface area contributed by atoms with Gasteiger partial charge in [0.25, 0.3) is 0 Å². The smallest absolute Gasteiger partial charge is 0.331 e. The summed E-state index contributed by atoms with van der Waals surface area (Å²) in [7, 11) is 2.93. The number of carbonyl (C=O) groups excluding carboxylic acids is 4. The maximum atomic E-state index is 14.0. The van der Waals surface area contributed by atoms with Gasteiger partial charge in [-0.25, -0.2) is 4.79 Å². The molecule has 17 heteroatoms. The van der Waals surface area contributed by atoms with Crippen LogP contribution in [0.15, 0.2) is 48.6 Å². The minimum absolute atomic E-state index is 0.0288. The maximum absolute atomic E-state index is 14.0. The zero-order valence-electron chi connectivity index (χ0n) is 39.8. The lowest BCUT2D eigenvalue weighted by Gasteiger charge is -2.55. The molecule has 1 aromatic rings. The van der Waals surface area contributed by atoms with Gasteiger partial charge in [-0.2, -0.15) is 0 Å². The van der Waals surface area contributed by atoms with Crippen LogP contribution < -0.4 is 0 Å². The lowest BCUT2D eigenvalue weighted by Crippen LogP contribution is -2.61. The first-order chi connectivity index (χ1) is 31.7. The first-order valence-electron chi connectivity index (χ1n) is 23.7. The van der Waals surface area contributed by atoms with Crippen LogP contribution in [0.5, 0.6) is 0 Å². The van der Waals surface area contributed by atoms with Gasteiger partial charge in [0.2, 0.25) is 0 Å². The van der Waals surface area contributed by atoms with Crippen molar-refractivity contribution in [2.45, 2.75) is 191 Å². The standard InChI is InChI=1S/C50H70O17/c1-26(51)32-15-16-37(54)49(32,6)38(65-39(55)17-14-30-12-10-9-11-13-30)22-33-34(52)19-21-50(58)25-31(18-20-48(33,50)5)64-41-24-36(59-7)45(29(4)62-41)66-40-23-35(53)44(28(3)61-40)67-47-43(57)46(60-8)42(56)27(2)63-47/h9-14,17,19,21,27-29,31-33,35-36,38,40-47,53,56-58H,15-16,18,20,22-25H2,1-8H3/b17-14+/t27-,28-,29-,31+,32-,33+,35+,36+,38-,40+,41+,42-,43-,44-,45-,46+,47+,48-,49+,50+/m1/s1. The average Bonchev–Trinajstić information content (AvgIpc) is 3.60. The highest BCUT2D eigenvalue weighted by Gasteiger charge is 2.62. The monoisotopic (exact) mass is 942 g/mol. The number of rotatable bonds is 15. The van der Waals surface area contributed by atoms with Crippen molar-refractivity contribution >= 4 is 29.4 Å². The molecule has 0 aromatic heterocycles. The summed E-state index contributed by atoms with van der Waals surface area (Å²) in [5.74, 6) is -2.95. The molecule has 0 spiro atoms. The number of carbonyl (C=O) groups is 4. The first-order valence-corrected chi connectivity index (χ1v) is 23.7. The second-order valence-electron chi connectivity index (χ2n) is 19.9. The Labute approximate surface area is 392 Å². The van der Waals surface area contributed by atoms with Crippen LogP contribution in [-0.4, -0.2) is 156 Å². The van der Waals surface area contributed by atoms with Gasteiger partial charge in [-0.05, 0) is 84.1 Å². The number of ether oxygens (including phenoxy) is 9. The van der Waals surface area contributed by atoms with Gasteiger partial charge in [0.15, 0.2) is 24.7 Å². The molecule has 6 aliphatic rings. The summed E-state index contributed by atoms with van der Waals surface area (Å²) < 4.78 is 54.5. The molecule has 1 aromatic carbocycles. The number of esters is 1. The van der Waals surface area contributed by atoms with Crippen LogP contribution in [0, 0.1) is 22.7 Å². The zero-order valence-corrected chi connectivity index (χ0v) is 39.8. The number of Topliss-reactive ketones (excluding diaryl/α,β-unsaturated/α-hetero) is 2. The Morgan fingerprint density at radius 1 is 0.851 bits per heavy atom. The van der Waals surface area contributed by atoms with Crippen molar-refractivity contribution in [3.05, 3.63) is 54.1 Å². The maximum Gasteiger partial charge on any atom is 0.331 e. The van der Waals surface area contributed by atoms with Crippen molar-refractivity contribution in [2.75, 3.05) is 14.2 Å². The van der Waals surface area contributed by atoms with E-state index < -0.39 is 126 Å². The van der Waals surface area contributed by atoms with Crippen LogP contribution in [-0.2, 0) is 61.8 Å². The quantitative estimate of drug-likeness (QED) is 0.146. The topological polar surface area (TPSA) is 232 Å². The molecule has 3 aliphatic heterocycles. The molecule has 0 amide bonds. The van der Waals surface area contributed by atoms with E-state index in [0.29, 0.717) is 19.3 Å². The van der Waals surface area contributed by atoms with E-state index in [4.69, 9.17) is 42.6 Å². The van der Waals surface area contributed by atoms with Crippen molar-refractivity contribution in [3.8, 4) is 0 Å². The molecule has 17 nitrogen and oxygen atoms in total. The van der Waals surface area contributed by atoms with E-state index in [2.05, 4.69) is 0 Å². The second kappa shape index (κ2) is 21.0. The van der Waals surface area contributed by atoms with E-state index in [0.717, 1.165) is 5.56 Å². The molecule has 0 unspecified atom stereocenters. The Morgan fingerprint density at radius 3 is 2.19 bits per heavy atom. The second-order valence-corrected chi connectivity index (χ2v) is 19.9. The Bertz CT molecular complexity index is 1960. The number of aliphatic hydroxyl groups excluding tert-OH is 3. The fraction of sp³-hybridized carbons (Fsp3) is 0.720. The number of allylic oxidation sites excluding steroid dienone is 1. The molecule has 372 valence electrons. The summed E-state index contributed by atoms with van der Waals surface area (Å²) in [5.41, 5.74) is -3.20. The lowest BCUT2D eigenvalue weighted by molar-refractivity contribution is -0.351. The Balaban J connectivity index is 0.986. The van der Waals surface area contributed by atoms with Crippen LogP contribution in [0.2, 0.25) is 0 Å². The van der Waals surface area contributed by atoms with Gasteiger partial charge < -0.3 is 63.1 Å². The molecule has 3 aliphatic carbocycles. The minimum Gasteiger partial charge on any atom is -0.458 e. The third-order valence-electron chi connectivity index (χ3n) is 15.8. The molecule has 7 rings (SSSR count). The van der Waals surface area contributed by atoms with Gasteiger partial charge in [0.1, 0.15) is 48.2 Å². The molecule has 5 fully saturated rings. The van der Waals surface area contributed by atoms with Crippen LogP contribution in [0.1, 0.15) is 98.5 Å². The average molecular weight is 943 g/mol. The number of hydrogen-bond acceptors (Lipinski definition) is 17. The van der Waals surface area contributed by atoms with E-state index in [9.17, 15) is 39.6 Å². The summed E-state index contributed by atoms with van der Waals surface area (Å²) in [6.07, 6.45) is -5.43. The van der Waals surface area contributed by atoms with Gasteiger partial charge in [0.05, 0.1) is 47.6 Å². The summed E-state index contributed by atoms with van der Waals surface area (Å²) >= 11 is 0. The summed E-state index contributed by atoms with van der Waals surface area (Å²) in [5, 5.41) is 44.9. The molecule has 0 radical (unpaired) electrons. The van der Waals surface area contributed by atoms with Crippen molar-refractivity contribution in [1.29, 1.82) is 0 Å². The third-order valence-corrected chi connectivity index (χ3v) is 15.8. The van der Waals surface area contributed by atoms with E-state index in [-0.39, 0.29) is 49.5 Å². The predicted molar refractivity (Wildman–Crippen MR) is 238 cm³/mol. The van der Waals surface area contributed by atoms with Crippen LogP contribution in [0.4, 0.5) is 0 Å². The Hall–Kier alpha value is -3.30. The van der Waals surface area contributed by atoms with Gasteiger partial charge in [-0.15, -0.1) is 0 Å². The van der Waals surface area contributed by atoms with Gasteiger partial charge in [-0.1, -0.05) is 37.3 Å². The van der Waals surface area contributed by atoms with Gasteiger partial charge in [-0.3, -0.25) is 14.4 Å². The highest BCUT2D eigenvalue weighted by Crippen LogP contribution is 2.57. The van der Waals surface area contributed by atoms with Crippen molar-refractivity contribution in [1.82, 2.24) is 0 Å². The van der Waals surface area contributed by atoms with Crippen molar-refractivity contribution in [3.63, 3.8) is 0 Å². The Morgan fingerprint density at radius 2 is 1.54 bits per heavy atom. The molecular weight excluding hydrogens is 873 g/mol. The fourth-order valence-electron chi connectivity index (χ4n) is 11.6. The van der Waals surface area contributed by atoms with Gasteiger partial charge in [0, 0.05) is 63.2 Å². The zero-order chi connectivity index (χ0) is 48.6. The summed E-state index contributed by atoms with van der Waals surface area (Å²) in [6.45, 7) is 10.1. The largest absolute Gasteiger partial charge is 0.458 e. The third kappa shape index (κ3) is 10.4. The lowest BCUT2D eigenvalue weighted by atomic mass is 9.52. The molecule has 0 bridgehead atoms. The van der Waals surface area contributed by atoms with Crippen LogP contribution >= 0.6 is 0 Å². The van der Waals surface area contributed by atoms with E-state index in [1.54, 1.807) is 34.0 Å². The Kier molecular flexibility index (Phi) is 16.1. The fourth-order valence-corrected chi connectivity index (χ4v) is 11.6. The van der Waals surface area contributed by atoms with E-state index in [1.807, 2.05) is 44.2 Å². The van der Waals surface area contributed by atoms with E-state index >= 15 is 0 Å². The first kappa shape index (κ1) is 51.5. The number of ketones is 3. The molecule has 3 saturated heterocycles. The molecule has 67 heavy (non-hydrogen) atoms. The number of methoxy groups -OCH3 is 2. The SMILES string of the molecule is CO[C@@H]1[C@@H](O)[C@H](O[C@H]2[C@@H](O)C[C@H](O[C@H]3[C@@H](OC)C[C@H](O[C@H]4CC[C@]5(C)[C@@H](C[C@@H](OC(=O)/C=C/c6ccccc6)[C@]6(C)C(=O)CC[C@@H]6C(C)=O)C(=O)C=C[C@]5(O)C4)O[C@@H]3C)O[C@@H]2C)O[C@H](C)[C@H]1O. The molecule has 4 N–H and O–H groups in total. The molecule has 3 heterocycles. The van der Waals surface area contributed by atoms with Crippen LogP contribution in [0.25, 0.3) is 6.08 Å². The summed E-state index contributed by atoms with van der Waals surface area (Å²) in [6, 6.07) is 9.18. The minimum atomic E-state index is -1.53. The molecular formula is C50H70O17. The molecule has 2 saturated carbocycles. The number of fused-ring (bicyclic) bond motifs is 1. The van der Waals surface area contributed by atoms with Crippen molar-refractivity contribution in [2.24, 2.45) is 22.7 Å². The number of aliphatic hydroxyl groups is 4. The number of benzene rings is 1. The predicted octanol–water partition coefficient (Wildman–Crippen LogP) is 3.54. The highest BCUT2D eigenvalue weighted by molar-refractivity contribution is 5.97.